The number of thiophene rings is 1. The second-order valence-corrected chi connectivity index (χ2v) is 7.11. The molecule has 23 heavy (non-hydrogen) atoms. The Labute approximate surface area is 141 Å². The summed E-state index contributed by atoms with van der Waals surface area (Å²) in [5.41, 5.74) is 0. The van der Waals surface area contributed by atoms with E-state index in [-0.39, 0.29) is 0 Å². The van der Waals surface area contributed by atoms with Crippen LogP contribution in [0.1, 0.15) is 24.0 Å². The van der Waals surface area contributed by atoms with Crippen LogP contribution in [0.3, 0.4) is 0 Å². The van der Waals surface area contributed by atoms with Gasteiger partial charge in [0, 0.05) is 30.9 Å². The van der Waals surface area contributed by atoms with Gasteiger partial charge in [-0.2, -0.15) is 5.10 Å². The van der Waals surface area contributed by atoms with E-state index in [2.05, 4.69) is 50.1 Å². The first kappa shape index (κ1) is 16.0. The summed E-state index contributed by atoms with van der Waals surface area (Å²) in [5, 5.41) is 13.3. The lowest BCUT2D eigenvalue weighted by Crippen LogP contribution is -2.48. The Hall–Kier alpha value is -1.89. The lowest BCUT2D eigenvalue weighted by molar-refractivity contribution is 0.391. The van der Waals surface area contributed by atoms with E-state index in [1.165, 1.54) is 4.88 Å². The monoisotopic (exact) mass is 332 g/mol. The number of aromatic nitrogens is 3. The van der Waals surface area contributed by atoms with Crippen molar-refractivity contribution in [3.63, 3.8) is 0 Å². The molecule has 6 nitrogen and oxygen atoms in total. The van der Waals surface area contributed by atoms with E-state index in [4.69, 9.17) is 0 Å². The van der Waals surface area contributed by atoms with Gasteiger partial charge in [0.05, 0.1) is 6.54 Å². The van der Waals surface area contributed by atoms with Crippen molar-refractivity contribution in [1.29, 1.82) is 0 Å². The average Bonchev–Trinajstić information content (AvgIpc) is 3.22. The predicted octanol–water partition coefficient (Wildman–Crippen LogP) is 1.70. The Morgan fingerprint density at radius 1 is 1.57 bits per heavy atom. The van der Waals surface area contributed by atoms with Crippen LogP contribution in [0.4, 0.5) is 0 Å². The topological polar surface area (TPSA) is 67.1 Å². The zero-order valence-corrected chi connectivity index (χ0v) is 14.5. The highest BCUT2D eigenvalue weighted by atomic mass is 32.1. The van der Waals surface area contributed by atoms with Crippen molar-refractivity contribution < 1.29 is 0 Å². The summed E-state index contributed by atoms with van der Waals surface area (Å²) in [6.45, 7) is 4.03. The van der Waals surface area contributed by atoms with E-state index in [0.29, 0.717) is 12.0 Å². The van der Waals surface area contributed by atoms with Crippen LogP contribution in [0.5, 0.6) is 0 Å². The predicted molar refractivity (Wildman–Crippen MR) is 93.8 cm³/mol. The molecule has 1 aliphatic heterocycles. The third kappa shape index (κ3) is 4.31. The molecule has 3 rings (SSSR count). The second kappa shape index (κ2) is 7.59. The lowest BCUT2D eigenvalue weighted by Gasteiger charge is -2.26. The molecule has 124 valence electrons. The number of guanidine groups is 1. The maximum atomic E-state index is 4.35. The van der Waals surface area contributed by atoms with E-state index >= 15 is 0 Å². The van der Waals surface area contributed by atoms with Crippen LogP contribution < -0.4 is 10.6 Å². The van der Waals surface area contributed by atoms with Crippen molar-refractivity contribution in [1.82, 2.24) is 25.4 Å². The van der Waals surface area contributed by atoms with Crippen LogP contribution in [0.15, 0.2) is 28.8 Å². The van der Waals surface area contributed by atoms with Crippen LogP contribution in [0, 0.1) is 5.92 Å². The van der Waals surface area contributed by atoms with Crippen molar-refractivity contribution in [3.05, 3.63) is 34.5 Å². The number of aryl methyl sites for hydroxylation is 1. The molecule has 2 unspecified atom stereocenters. The molecule has 0 fully saturated rings. The standard InChI is InChI=1S/C16H24N6S/c1-12(8-14-4-3-7-23-14)9-18-16(17-2)21-13-5-6-15-19-11-20-22(15)10-13/h3-4,7,11-13H,5-6,8-10H2,1-2H3,(H2,17,18,21). The Bertz CT molecular complexity index is 633. The van der Waals surface area contributed by atoms with Crippen LogP contribution in [0.25, 0.3) is 0 Å². The van der Waals surface area contributed by atoms with Crippen LogP contribution in [0.2, 0.25) is 0 Å². The molecule has 1 aliphatic rings. The summed E-state index contributed by atoms with van der Waals surface area (Å²) >= 11 is 1.82. The Morgan fingerprint density at radius 2 is 2.48 bits per heavy atom. The van der Waals surface area contributed by atoms with Crippen LogP contribution in [-0.2, 0) is 19.4 Å². The number of nitrogens with zero attached hydrogens (tertiary/aromatic N) is 4. The van der Waals surface area contributed by atoms with Gasteiger partial charge in [0.2, 0.25) is 0 Å². The first-order chi connectivity index (χ1) is 11.2. The van der Waals surface area contributed by atoms with Gasteiger partial charge in [-0.3, -0.25) is 4.99 Å². The van der Waals surface area contributed by atoms with Gasteiger partial charge in [-0.15, -0.1) is 11.3 Å². The van der Waals surface area contributed by atoms with Crippen molar-refractivity contribution in [3.8, 4) is 0 Å². The SMILES string of the molecule is CN=C(NCC(C)Cc1cccs1)NC1CCc2ncnn2C1. The van der Waals surface area contributed by atoms with Gasteiger partial charge >= 0.3 is 0 Å². The fourth-order valence-electron chi connectivity index (χ4n) is 2.86. The number of hydrogen-bond acceptors (Lipinski definition) is 4. The van der Waals surface area contributed by atoms with Gasteiger partial charge in [-0.25, -0.2) is 9.67 Å². The van der Waals surface area contributed by atoms with Gasteiger partial charge in [0.15, 0.2) is 5.96 Å². The molecular weight excluding hydrogens is 308 g/mol. The van der Waals surface area contributed by atoms with E-state index in [1.807, 2.05) is 23.1 Å². The number of nitrogens with one attached hydrogen (secondary N) is 2. The Morgan fingerprint density at radius 3 is 3.26 bits per heavy atom. The highest BCUT2D eigenvalue weighted by Gasteiger charge is 2.20. The normalized spacial score (nSPS) is 19.2. The molecule has 0 spiro atoms. The van der Waals surface area contributed by atoms with Gasteiger partial charge < -0.3 is 10.6 Å². The van der Waals surface area contributed by atoms with Gasteiger partial charge in [0.25, 0.3) is 0 Å². The highest BCUT2D eigenvalue weighted by molar-refractivity contribution is 7.09. The Kier molecular flexibility index (Phi) is 5.27. The smallest absolute Gasteiger partial charge is 0.191 e. The van der Waals surface area contributed by atoms with Crippen LogP contribution >= 0.6 is 11.3 Å². The quantitative estimate of drug-likeness (QED) is 0.646. The lowest BCUT2D eigenvalue weighted by atomic mass is 10.1. The van der Waals surface area contributed by atoms with E-state index < -0.39 is 0 Å². The third-order valence-electron chi connectivity index (χ3n) is 4.12. The zero-order chi connectivity index (χ0) is 16.1. The minimum Gasteiger partial charge on any atom is -0.356 e. The van der Waals surface area contributed by atoms with E-state index in [1.54, 1.807) is 6.33 Å². The molecule has 3 heterocycles. The summed E-state index contributed by atoms with van der Waals surface area (Å²) in [7, 11) is 1.82. The summed E-state index contributed by atoms with van der Waals surface area (Å²) in [4.78, 5) is 10.0. The van der Waals surface area contributed by atoms with Crippen molar-refractivity contribution in [2.24, 2.45) is 10.9 Å². The van der Waals surface area contributed by atoms with Gasteiger partial charge in [0.1, 0.15) is 12.2 Å². The van der Waals surface area contributed by atoms with E-state index in [9.17, 15) is 0 Å². The molecule has 2 N–H and O–H groups in total. The fraction of sp³-hybridized carbons (Fsp3) is 0.562. The van der Waals surface area contributed by atoms with Crippen LogP contribution in [-0.4, -0.2) is 40.4 Å². The molecule has 0 saturated carbocycles. The molecule has 0 saturated heterocycles. The molecule has 0 radical (unpaired) electrons. The first-order valence-electron chi connectivity index (χ1n) is 8.11. The van der Waals surface area contributed by atoms with Gasteiger partial charge in [-0.1, -0.05) is 13.0 Å². The highest BCUT2D eigenvalue weighted by Crippen LogP contribution is 2.14. The molecule has 2 atom stereocenters. The van der Waals surface area contributed by atoms with Crippen molar-refractivity contribution in [2.45, 2.75) is 38.8 Å². The number of fused-ring (bicyclic) bond motifs is 1. The number of rotatable bonds is 5. The summed E-state index contributed by atoms with van der Waals surface area (Å²) < 4.78 is 1.98. The third-order valence-corrected chi connectivity index (χ3v) is 5.02. The minimum absolute atomic E-state index is 0.350. The minimum atomic E-state index is 0.350. The summed E-state index contributed by atoms with van der Waals surface area (Å²) in [5.74, 6) is 2.52. The molecule has 2 aromatic heterocycles. The van der Waals surface area contributed by atoms with E-state index in [0.717, 1.165) is 44.1 Å². The Balaban J connectivity index is 1.45. The number of hydrogen-bond donors (Lipinski definition) is 2. The molecule has 2 aromatic rings. The molecule has 0 amide bonds. The summed E-state index contributed by atoms with van der Waals surface area (Å²) in [6.07, 6.45) is 4.76. The molecule has 0 aliphatic carbocycles. The maximum absolute atomic E-state index is 4.35. The molecular formula is C16H24N6S. The van der Waals surface area contributed by atoms with Gasteiger partial charge in [-0.05, 0) is 30.2 Å². The fourth-order valence-corrected chi connectivity index (χ4v) is 3.73. The average molecular weight is 332 g/mol. The largest absolute Gasteiger partial charge is 0.356 e. The van der Waals surface area contributed by atoms with Crippen molar-refractivity contribution >= 4 is 17.3 Å². The maximum Gasteiger partial charge on any atom is 0.191 e. The summed E-state index contributed by atoms with van der Waals surface area (Å²) in [6, 6.07) is 4.66. The second-order valence-electron chi connectivity index (χ2n) is 6.08. The van der Waals surface area contributed by atoms with Crippen molar-refractivity contribution in [2.75, 3.05) is 13.6 Å². The molecule has 0 aromatic carbocycles. The number of aliphatic imine (C=N–C) groups is 1. The first-order valence-corrected chi connectivity index (χ1v) is 8.99. The molecule has 0 bridgehead atoms. The molecule has 7 heteroatoms. The zero-order valence-electron chi connectivity index (χ0n) is 13.7.